The predicted octanol–water partition coefficient (Wildman–Crippen LogP) is 5.07. The van der Waals surface area contributed by atoms with E-state index in [1.165, 1.54) is 11.8 Å². The fraction of sp³-hybridized carbons (Fsp3) is 0.316. The van der Waals surface area contributed by atoms with Crippen molar-refractivity contribution in [2.45, 2.75) is 38.8 Å². The average Bonchev–Trinajstić information content (AvgIpc) is 3.19. The van der Waals surface area contributed by atoms with E-state index in [9.17, 15) is 4.79 Å². The van der Waals surface area contributed by atoms with Crippen LogP contribution in [-0.4, -0.2) is 31.3 Å². The van der Waals surface area contributed by atoms with E-state index in [1.807, 2.05) is 44.2 Å². The van der Waals surface area contributed by atoms with E-state index in [0.29, 0.717) is 10.9 Å². The number of ketones is 1. The van der Waals surface area contributed by atoms with E-state index < -0.39 is 0 Å². The molecule has 0 spiro atoms. The molecular formula is C19H21BrN4OS. The summed E-state index contributed by atoms with van der Waals surface area (Å²) >= 11 is 4.82. The van der Waals surface area contributed by atoms with Gasteiger partial charge in [-0.05, 0) is 44.2 Å². The van der Waals surface area contributed by atoms with Gasteiger partial charge in [0.15, 0.2) is 5.78 Å². The zero-order chi connectivity index (χ0) is 18.8. The van der Waals surface area contributed by atoms with E-state index in [0.717, 1.165) is 32.9 Å². The molecule has 0 fully saturated rings. The molecule has 0 amide bonds. The maximum atomic E-state index is 12.7. The number of Topliss-reactive ketones (excluding diaryl/α,β-unsaturated/α-hetero) is 1. The molecule has 3 rings (SSSR count). The van der Waals surface area contributed by atoms with Crippen LogP contribution in [0.1, 0.15) is 47.3 Å². The first kappa shape index (κ1) is 18.9. The number of hydrogen-bond acceptors (Lipinski definition) is 4. The van der Waals surface area contributed by atoms with Gasteiger partial charge >= 0.3 is 0 Å². The summed E-state index contributed by atoms with van der Waals surface area (Å²) in [6, 6.07) is 10.0. The number of aryl methyl sites for hydroxylation is 1. The summed E-state index contributed by atoms with van der Waals surface area (Å²) in [7, 11) is 0. The van der Waals surface area contributed by atoms with Crippen LogP contribution in [0.5, 0.6) is 0 Å². The molecule has 1 N–H and O–H groups in total. The number of benzene rings is 1. The highest BCUT2D eigenvalue weighted by molar-refractivity contribution is 9.10. The largest absolute Gasteiger partial charge is 0.318 e. The predicted molar refractivity (Wildman–Crippen MR) is 108 cm³/mol. The number of H-pyrrole nitrogens is 1. The molecule has 7 heteroatoms. The van der Waals surface area contributed by atoms with Gasteiger partial charge in [0.2, 0.25) is 5.16 Å². The number of carbonyl (C=O) groups is 1. The van der Waals surface area contributed by atoms with Gasteiger partial charge in [-0.2, -0.15) is 0 Å². The van der Waals surface area contributed by atoms with Crippen LogP contribution in [-0.2, 0) is 0 Å². The minimum Gasteiger partial charge on any atom is -0.318 e. The van der Waals surface area contributed by atoms with Crippen LogP contribution >= 0.6 is 27.7 Å². The van der Waals surface area contributed by atoms with Crippen molar-refractivity contribution in [2.75, 3.05) is 5.75 Å². The third-order valence-electron chi connectivity index (χ3n) is 4.18. The first-order valence-corrected chi connectivity index (χ1v) is 10.2. The lowest BCUT2D eigenvalue weighted by Crippen LogP contribution is -2.05. The molecule has 0 saturated carbocycles. The Labute approximate surface area is 165 Å². The number of rotatable bonds is 6. The lowest BCUT2D eigenvalue weighted by Gasteiger charge is -2.10. The molecule has 0 atom stereocenters. The van der Waals surface area contributed by atoms with Gasteiger partial charge in [0.05, 0.1) is 5.75 Å². The quantitative estimate of drug-likeness (QED) is 0.435. The molecule has 2 heterocycles. The highest BCUT2D eigenvalue weighted by atomic mass is 79.9. The molecule has 1 aromatic carbocycles. The molecule has 0 radical (unpaired) electrons. The molecular weight excluding hydrogens is 412 g/mol. The van der Waals surface area contributed by atoms with E-state index in [-0.39, 0.29) is 11.7 Å². The number of aromatic nitrogens is 4. The van der Waals surface area contributed by atoms with Crippen LogP contribution in [0.4, 0.5) is 0 Å². The molecule has 26 heavy (non-hydrogen) atoms. The smallest absolute Gasteiger partial charge is 0.208 e. The van der Waals surface area contributed by atoms with Gasteiger partial charge in [0.1, 0.15) is 5.82 Å². The SMILES string of the molecule is Cc1cc(C(=O)CSc2n[nH]c(C(C)C)n2)c(C)n1-c1ccc(Br)cc1. The molecule has 0 unspecified atom stereocenters. The van der Waals surface area contributed by atoms with E-state index >= 15 is 0 Å². The number of aromatic amines is 1. The van der Waals surface area contributed by atoms with Crippen molar-refractivity contribution in [3.63, 3.8) is 0 Å². The van der Waals surface area contributed by atoms with Gasteiger partial charge in [-0.3, -0.25) is 9.89 Å². The number of hydrogen-bond donors (Lipinski definition) is 1. The molecule has 0 saturated heterocycles. The molecule has 0 aliphatic rings. The maximum Gasteiger partial charge on any atom is 0.208 e. The number of nitrogens with zero attached hydrogens (tertiary/aromatic N) is 3. The summed E-state index contributed by atoms with van der Waals surface area (Å²) in [5, 5.41) is 7.70. The summed E-state index contributed by atoms with van der Waals surface area (Å²) < 4.78 is 3.14. The minimum absolute atomic E-state index is 0.0855. The van der Waals surface area contributed by atoms with Crippen LogP contribution in [0.25, 0.3) is 5.69 Å². The first-order chi connectivity index (χ1) is 12.4. The van der Waals surface area contributed by atoms with Gasteiger partial charge in [0, 0.05) is 33.0 Å². The van der Waals surface area contributed by atoms with Gasteiger partial charge in [0.25, 0.3) is 0 Å². The van der Waals surface area contributed by atoms with E-state index in [1.54, 1.807) is 0 Å². The lowest BCUT2D eigenvalue weighted by atomic mass is 10.2. The third kappa shape index (κ3) is 3.94. The summed E-state index contributed by atoms with van der Waals surface area (Å²) in [6.45, 7) is 8.11. The van der Waals surface area contributed by atoms with E-state index in [2.05, 4.69) is 49.5 Å². The molecule has 2 aromatic heterocycles. The Hall–Kier alpha value is -1.86. The number of nitrogens with one attached hydrogen (secondary N) is 1. The maximum absolute atomic E-state index is 12.7. The van der Waals surface area contributed by atoms with Gasteiger partial charge < -0.3 is 4.57 Å². The number of thioether (sulfide) groups is 1. The van der Waals surface area contributed by atoms with Crippen LogP contribution in [0, 0.1) is 13.8 Å². The molecule has 136 valence electrons. The molecule has 5 nitrogen and oxygen atoms in total. The van der Waals surface area contributed by atoms with Crippen molar-refractivity contribution in [1.29, 1.82) is 0 Å². The second-order valence-electron chi connectivity index (χ2n) is 6.47. The molecule has 0 bridgehead atoms. The average molecular weight is 433 g/mol. The standard InChI is InChI=1S/C19H21BrN4OS/c1-11(2)18-21-19(23-22-18)26-10-17(25)16-9-12(3)24(13(16)4)15-7-5-14(20)6-8-15/h5-9,11H,10H2,1-4H3,(H,21,22,23). The number of halogens is 1. The van der Waals surface area contributed by atoms with Crippen LogP contribution < -0.4 is 0 Å². The first-order valence-electron chi connectivity index (χ1n) is 8.40. The molecule has 0 aliphatic carbocycles. The Balaban J connectivity index is 1.77. The van der Waals surface area contributed by atoms with Crippen molar-refractivity contribution in [3.05, 3.63) is 57.6 Å². The third-order valence-corrected chi connectivity index (χ3v) is 5.55. The van der Waals surface area contributed by atoms with Crippen molar-refractivity contribution in [3.8, 4) is 5.69 Å². The number of carbonyl (C=O) groups excluding carboxylic acids is 1. The van der Waals surface area contributed by atoms with Gasteiger partial charge in [-0.15, -0.1) is 5.10 Å². The van der Waals surface area contributed by atoms with Gasteiger partial charge in [-0.25, -0.2) is 4.98 Å². The topological polar surface area (TPSA) is 63.6 Å². The highest BCUT2D eigenvalue weighted by Crippen LogP contribution is 2.24. The fourth-order valence-corrected chi connectivity index (χ4v) is 3.77. The monoisotopic (exact) mass is 432 g/mol. The summed E-state index contributed by atoms with van der Waals surface area (Å²) in [6.07, 6.45) is 0. The Morgan fingerprint density at radius 2 is 1.96 bits per heavy atom. The lowest BCUT2D eigenvalue weighted by molar-refractivity contribution is 0.102. The Kier molecular flexibility index (Phi) is 5.67. The normalized spacial score (nSPS) is 11.3. The van der Waals surface area contributed by atoms with Crippen LogP contribution in [0.3, 0.4) is 0 Å². The Morgan fingerprint density at radius 1 is 1.27 bits per heavy atom. The second kappa shape index (κ2) is 7.80. The van der Waals surface area contributed by atoms with Crippen molar-refractivity contribution in [1.82, 2.24) is 19.7 Å². The Bertz CT molecular complexity index is 928. The summed E-state index contributed by atoms with van der Waals surface area (Å²) in [5.41, 5.74) is 3.79. The van der Waals surface area contributed by atoms with Gasteiger partial charge in [-0.1, -0.05) is 41.5 Å². The minimum atomic E-state index is 0.0855. The molecule has 0 aliphatic heterocycles. The Morgan fingerprint density at radius 3 is 2.58 bits per heavy atom. The highest BCUT2D eigenvalue weighted by Gasteiger charge is 2.18. The van der Waals surface area contributed by atoms with Crippen molar-refractivity contribution >= 4 is 33.5 Å². The zero-order valence-corrected chi connectivity index (χ0v) is 17.6. The van der Waals surface area contributed by atoms with E-state index in [4.69, 9.17) is 0 Å². The summed E-state index contributed by atoms with van der Waals surface area (Å²) in [5.74, 6) is 1.54. The fourth-order valence-electron chi connectivity index (χ4n) is 2.82. The van der Waals surface area contributed by atoms with Crippen LogP contribution in [0.2, 0.25) is 0 Å². The zero-order valence-electron chi connectivity index (χ0n) is 15.2. The molecule has 3 aromatic rings. The van der Waals surface area contributed by atoms with Crippen molar-refractivity contribution < 1.29 is 4.79 Å². The van der Waals surface area contributed by atoms with Crippen molar-refractivity contribution in [2.24, 2.45) is 0 Å². The summed E-state index contributed by atoms with van der Waals surface area (Å²) in [4.78, 5) is 17.1. The second-order valence-corrected chi connectivity index (χ2v) is 8.32. The van der Waals surface area contributed by atoms with Crippen LogP contribution in [0.15, 0.2) is 40.0 Å².